The van der Waals surface area contributed by atoms with Gasteiger partial charge in [-0.3, -0.25) is 10.1 Å². The third-order valence-electron chi connectivity index (χ3n) is 2.22. The zero-order chi connectivity index (χ0) is 9.26. The number of aromatic amines is 1. The molecule has 2 rings (SSSR count). The minimum absolute atomic E-state index is 0. The molecule has 14 heavy (non-hydrogen) atoms. The van der Waals surface area contributed by atoms with Gasteiger partial charge in [0.25, 0.3) is 0 Å². The first-order valence-corrected chi connectivity index (χ1v) is 4.13. The molecule has 0 amide bonds. The topological polar surface area (TPSA) is 67.0 Å². The van der Waals surface area contributed by atoms with Gasteiger partial charge in [-0.15, -0.1) is 12.4 Å². The lowest BCUT2D eigenvalue weighted by atomic mass is 10.1. The molecule has 0 fully saturated rings. The molecule has 1 aliphatic heterocycles. The number of methoxy groups -OCH3 is 1. The molecule has 2 heterocycles. The average molecular weight is 218 g/mol. The fraction of sp³-hybridized carbons (Fsp3) is 0.500. The van der Waals surface area contributed by atoms with Crippen molar-refractivity contribution in [3.63, 3.8) is 0 Å². The molecular formula is C8H12ClN3O2. The van der Waals surface area contributed by atoms with Crippen LogP contribution in [-0.2, 0) is 22.5 Å². The number of H-pyrrole nitrogens is 1. The SMILES string of the molecule is COC(=O)[C@@H]1Cc2[nH]cnc2CN1.Cl. The highest BCUT2D eigenvalue weighted by Gasteiger charge is 2.25. The zero-order valence-corrected chi connectivity index (χ0v) is 8.56. The molecule has 2 N–H and O–H groups in total. The van der Waals surface area contributed by atoms with Crippen LogP contribution in [0.2, 0.25) is 0 Å². The molecule has 0 aliphatic carbocycles. The van der Waals surface area contributed by atoms with Crippen molar-refractivity contribution < 1.29 is 9.53 Å². The monoisotopic (exact) mass is 217 g/mol. The van der Waals surface area contributed by atoms with E-state index >= 15 is 0 Å². The number of imidazole rings is 1. The number of hydrogen-bond acceptors (Lipinski definition) is 4. The predicted octanol–water partition coefficient (Wildman–Crippen LogP) is 0.0188. The van der Waals surface area contributed by atoms with Crippen LogP contribution in [0.25, 0.3) is 0 Å². The van der Waals surface area contributed by atoms with Crippen LogP contribution in [0.4, 0.5) is 0 Å². The second-order valence-electron chi connectivity index (χ2n) is 2.99. The molecule has 0 aromatic carbocycles. The Hall–Kier alpha value is -1.07. The lowest BCUT2D eigenvalue weighted by Crippen LogP contribution is -2.42. The van der Waals surface area contributed by atoms with E-state index < -0.39 is 0 Å². The Labute approximate surface area is 87.7 Å². The number of esters is 1. The summed E-state index contributed by atoms with van der Waals surface area (Å²) in [5, 5.41) is 3.06. The molecule has 0 saturated carbocycles. The highest BCUT2D eigenvalue weighted by Crippen LogP contribution is 2.12. The van der Waals surface area contributed by atoms with Crippen LogP contribution in [0.5, 0.6) is 0 Å². The van der Waals surface area contributed by atoms with Gasteiger partial charge in [0.05, 0.1) is 19.1 Å². The molecule has 0 spiro atoms. The van der Waals surface area contributed by atoms with Gasteiger partial charge in [-0.2, -0.15) is 0 Å². The summed E-state index contributed by atoms with van der Waals surface area (Å²) in [6, 6.07) is -0.238. The summed E-state index contributed by atoms with van der Waals surface area (Å²) in [6.07, 6.45) is 2.27. The maximum absolute atomic E-state index is 11.2. The van der Waals surface area contributed by atoms with Crippen LogP contribution in [0.3, 0.4) is 0 Å². The molecule has 0 saturated heterocycles. The molecule has 0 unspecified atom stereocenters. The Kier molecular flexibility index (Phi) is 3.49. The number of nitrogens with one attached hydrogen (secondary N) is 2. The van der Waals surface area contributed by atoms with E-state index in [0.717, 1.165) is 11.4 Å². The minimum atomic E-state index is -0.238. The molecule has 1 atom stereocenters. The van der Waals surface area contributed by atoms with Crippen molar-refractivity contribution in [1.29, 1.82) is 0 Å². The first-order chi connectivity index (χ1) is 6.31. The lowest BCUT2D eigenvalue weighted by molar-refractivity contribution is -0.143. The number of nitrogens with zero attached hydrogens (tertiary/aromatic N) is 1. The van der Waals surface area contributed by atoms with E-state index in [-0.39, 0.29) is 24.4 Å². The maximum atomic E-state index is 11.2. The molecule has 0 bridgehead atoms. The van der Waals surface area contributed by atoms with Crippen LogP contribution >= 0.6 is 12.4 Å². The molecule has 1 aromatic rings. The summed E-state index contributed by atoms with van der Waals surface area (Å²) in [6.45, 7) is 0.624. The van der Waals surface area contributed by atoms with Crippen molar-refractivity contribution in [3.05, 3.63) is 17.7 Å². The molecular weight excluding hydrogens is 206 g/mol. The Morgan fingerprint density at radius 3 is 3.21 bits per heavy atom. The Morgan fingerprint density at radius 1 is 1.71 bits per heavy atom. The number of aromatic nitrogens is 2. The van der Waals surface area contributed by atoms with Crippen molar-refractivity contribution in [2.24, 2.45) is 0 Å². The molecule has 78 valence electrons. The summed E-state index contributed by atoms with van der Waals surface area (Å²) in [7, 11) is 1.40. The number of carbonyl (C=O) groups is 1. The summed E-state index contributed by atoms with van der Waals surface area (Å²) >= 11 is 0. The van der Waals surface area contributed by atoms with E-state index in [1.807, 2.05) is 0 Å². The second-order valence-corrected chi connectivity index (χ2v) is 2.99. The van der Waals surface area contributed by atoms with E-state index in [4.69, 9.17) is 0 Å². The van der Waals surface area contributed by atoms with Gasteiger partial charge < -0.3 is 9.72 Å². The Morgan fingerprint density at radius 2 is 2.50 bits per heavy atom. The Bertz CT molecular complexity index is 326. The van der Waals surface area contributed by atoms with Gasteiger partial charge in [0, 0.05) is 18.7 Å². The third-order valence-corrected chi connectivity index (χ3v) is 2.22. The zero-order valence-electron chi connectivity index (χ0n) is 7.74. The van der Waals surface area contributed by atoms with E-state index in [1.165, 1.54) is 7.11 Å². The number of fused-ring (bicyclic) bond motifs is 1. The summed E-state index contributed by atoms with van der Waals surface area (Å²) in [4.78, 5) is 18.3. The van der Waals surface area contributed by atoms with Gasteiger partial charge in [-0.1, -0.05) is 0 Å². The van der Waals surface area contributed by atoms with Crippen LogP contribution in [0, 0.1) is 0 Å². The fourth-order valence-electron chi connectivity index (χ4n) is 1.48. The van der Waals surface area contributed by atoms with E-state index in [2.05, 4.69) is 20.0 Å². The van der Waals surface area contributed by atoms with Crippen molar-refractivity contribution in [2.45, 2.75) is 19.0 Å². The normalized spacial score (nSPS) is 19.4. The van der Waals surface area contributed by atoms with E-state index in [1.54, 1.807) is 6.33 Å². The van der Waals surface area contributed by atoms with Gasteiger partial charge in [0.1, 0.15) is 6.04 Å². The van der Waals surface area contributed by atoms with Gasteiger partial charge in [0.15, 0.2) is 0 Å². The Balaban J connectivity index is 0.000000980. The summed E-state index contributed by atoms with van der Waals surface area (Å²) < 4.78 is 4.65. The molecule has 0 radical (unpaired) electrons. The highest BCUT2D eigenvalue weighted by molar-refractivity contribution is 5.85. The van der Waals surface area contributed by atoms with Crippen molar-refractivity contribution >= 4 is 18.4 Å². The van der Waals surface area contributed by atoms with Crippen LogP contribution < -0.4 is 5.32 Å². The standard InChI is InChI=1S/C8H11N3O2.ClH/c1-13-8(12)6-2-5-7(3-9-6)11-4-10-5;/h4,6,9H,2-3H2,1H3,(H,10,11);1H/t6-;/m0./s1. The van der Waals surface area contributed by atoms with Crippen LogP contribution in [-0.4, -0.2) is 29.1 Å². The number of carbonyl (C=O) groups excluding carboxylic acids is 1. The fourth-order valence-corrected chi connectivity index (χ4v) is 1.48. The summed E-state index contributed by atoms with van der Waals surface area (Å²) in [5.41, 5.74) is 2.01. The van der Waals surface area contributed by atoms with Crippen molar-refractivity contribution in [3.8, 4) is 0 Å². The molecule has 1 aromatic heterocycles. The van der Waals surface area contributed by atoms with Gasteiger partial charge in [-0.05, 0) is 0 Å². The summed E-state index contributed by atoms with van der Waals surface area (Å²) in [5.74, 6) is -0.222. The minimum Gasteiger partial charge on any atom is -0.468 e. The quantitative estimate of drug-likeness (QED) is 0.651. The smallest absolute Gasteiger partial charge is 0.323 e. The van der Waals surface area contributed by atoms with Crippen LogP contribution in [0.15, 0.2) is 6.33 Å². The lowest BCUT2D eigenvalue weighted by Gasteiger charge is -2.20. The number of hydrogen-bond donors (Lipinski definition) is 2. The van der Waals surface area contributed by atoms with E-state index in [9.17, 15) is 4.79 Å². The predicted molar refractivity (Wildman–Crippen MR) is 52.2 cm³/mol. The van der Waals surface area contributed by atoms with Crippen molar-refractivity contribution in [1.82, 2.24) is 15.3 Å². The second kappa shape index (κ2) is 4.43. The average Bonchev–Trinajstić information content (AvgIpc) is 2.63. The van der Waals surface area contributed by atoms with E-state index in [0.29, 0.717) is 13.0 Å². The first kappa shape index (κ1) is 11.0. The van der Waals surface area contributed by atoms with Gasteiger partial charge in [-0.25, -0.2) is 4.98 Å². The number of rotatable bonds is 1. The number of halogens is 1. The van der Waals surface area contributed by atoms with Gasteiger partial charge in [0.2, 0.25) is 0 Å². The van der Waals surface area contributed by atoms with Gasteiger partial charge >= 0.3 is 5.97 Å². The highest BCUT2D eigenvalue weighted by atomic mass is 35.5. The first-order valence-electron chi connectivity index (χ1n) is 4.13. The third kappa shape index (κ3) is 1.88. The van der Waals surface area contributed by atoms with Crippen molar-refractivity contribution in [2.75, 3.05) is 7.11 Å². The number of ether oxygens (including phenoxy) is 1. The molecule has 6 heteroatoms. The largest absolute Gasteiger partial charge is 0.468 e. The maximum Gasteiger partial charge on any atom is 0.323 e. The van der Waals surface area contributed by atoms with Crippen LogP contribution in [0.1, 0.15) is 11.4 Å². The molecule has 5 nitrogen and oxygen atoms in total. The molecule has 1 aliphatic rings.